The Morgan fingerprint density at radius 1 is 1.12 bits per heavy atom. The first kappa shape index (κ1) is 23.1. The van der Waals surface area contributed by atoms with E-state index in [0.29, 0.717) is 0 Å². The van der Waals surface area contributed by atoms with Gasteiger partial charge in [0, 0.05) is 10.8 Å². The Bertz CT molecular complexity index is 697. The van der Waals surface area contributed by atoms with Gasteiger partial charge in [0.2, 0.25) is 0 Å². The molecule has 0 amide bonds. The summed E-state index contributed by atoms with van der Waals surface area (Å²) in [5.74, 6) is 1.52. The Balaban J connectivity index is 0.00000169. The van der Waals surface area contributed by atoms with Gasteiger partial charge in [0.25, 0.3) is 0 Å². The van der Waals surface area contributed by atoms with Crippen LogP contribution in [0.1, 0.15) is 64.1 Å². The number of piperidine rings is 1. The average Bonchev–Trinajstić information content (AvgIpc) is 2.59. The van der Waals surface area contributed by atoms with Crippen molar-refractivity contribution in [2.75, 3.05) is 13.1 Å². The van der Waals surface area contributed by atoms with E-state index in [1.165, 1.54) is 12.8 Å². The standard InChI is InChI=1S/C20H29N3O.2ClH/c1-20(2,3)19-22-16-7-5-4-6-15(16)18(23-19)17(24)9-8-14-10-12-21-13-11-14;;/h4-7,14,17,21,24H,8-13H2,1-3H3;2*1H. The molecule has 1 aromatic carbocycles. The Labute approximate surface area is 169 Å². The number of aliphatic hydroxyl groups is 1. The van der Waals surface area contributed by atoms with E-state index in [4.69, 9.17) is 9.97 Å². The van der Waals surface area contributed by atoms with Crippen LogP contribution in [-0.4, -0.2) is 28.2 Å². The number of benzene rings is 1. The van der Waals surface area contributed by atoms with Crippen LogP contribution in [0.5, 0.6) is 0 Å². The van der Waals surface area contributed by atoms with Crippen molar-refractivity contribution in [1.82, 2.24) is 15.3 Å². The number of aromatic nitrogens is 2. The molecule has 26 heavy (non-hydrogen) atoms. The van der Waals surface area contributed by atoms with Gasteiger partial charge in [-0.05, 0) is 50.8 Å². The minimum absolute atomic E-state index is 0. The lowest BCUT2D eigenvalue weighted by Crippen LogP contribution is -2.28. The molecule has 1 atom stereocenters. The first-order valence-electron chi connectivity index (χ1n) is 9.11. The molecule has 2 N–H and O–H groups in total. The number of hydrogen-bond donors (Lipinski definition) is 2. The van der Waals surface area contributed by atoms with Crippen molar-refractivity contribution >= 4 is 35.7 Å². The summed E-state index contributed by atoms with van der Waals surface area (Å²) in [7, 11) is 0. The zero-order chi connectivity index (χ0) is 17.2. The maximum absolute atomic E-state index is 10.8. The van der Waals surface area contributed by atoms with Gasteiger partial charge in [-0.1, -0.05) is 39.0 Å². The summed E-state index contributed by atoms with van der Waals surface area (Å²) in [6, 6.07) is 8.01. The molecule has 0 saturated carbocycles. The Kier molecular flexibility index (Phi) is 8.74. The van der Waals surface area contributed by atoms with Gasteiger partial charge >= 0.3 is 0 Å². The zero-order valence-corrected chi connectivity index (χ0v) is 17.5. The molecule has 0 spiro atoms. The van der Waals surface area contributed by atoms with Crippen molar-refractivity contribution < 1.29 is 5.11 Å². The van der Waals surface area contributed by atoms with Crippen molar-refractivity contribution in [3.8, 4) is 0 Å². The monoisotopic (exact) mass is 399 g/mol. The number of rotatable bonds is 4. The van der Waals surface area contributed by atoms with Crippen LogP contribution in [-0.2, 0) is 5.41 Å². The van der Waals surface area contributed by atoms with Crippen LogP contribution in [0.4, 0.5) is 0 Å². The molecule has 1 aliphatic heterocycles. The largest absolute Gasteiger partial charge is 0.387 e. The number of halogens is 2. The highest BCUT2D eigenvalue weighted by atomic mass is 35.5. The van der Waals surface area contributed by atoms with Crippen LogP contribution in [0.3, 0.4) is 0 Å². The van der Waals surface area contributed by atoms with Gasteiger partial charge in [-0.2, -0.15) is 0 Å². The number of aliphatic hydroxyl groups excluding tert-OH is 1. The Morgan fingerprint density at radius 3 is 2.42 bits per heavy atom. The van der Waals surface area contributed by atoms with Gasteiger partial charge in [0.1, 0.15) is 5.82 Å². The molecule has 3 rings (SSSR count). The van der Waals surface area contributed by atoms with Crippen molar-refractivity contribution in [3.63, 3.8) is 0 Å². The third kappa shape index (κ3) is 5.53. The quantitative estimate of drug-likeness (QED) is 0.789. The number of nitrogens with one attached hydrogen (secondary N) is 1. The number of fused-ring (bicyclic) bond motifs is 1. The van der Waals surface area contributed by atoms with Gasteiger partial charge in [-0.3, -0.25) is 0 Å². The van der Waals surface area contributed by atoms with Crippen molar-refractivity contribution in [2.45, 2.75) is 58.0 Å². The molecular weight excluding hydrogens is 369 g/mol. The van der Waals surface area contributed by atoms with Crippen LogP contribution >= 0.6 is 24.8 Å². The van der Waals surface area contributed by atoms with E-state index in [9.17, 15) is 5.11 Å². The fourth-order valence-electron chi connectivity index (χ4n) is 3.39. The summed E-state index contributed by atoms with van der Waals surface area (Å²) in [6.45, 7) is 8.55. The Morgan fingerprint density at radius 2 is 1.77 bits per heavy atom. The van der Waals surface area contributed by atoms with Gasteiger partial charge in [-0.25, -0.2) is 9.97 Å². The molecule has 2 aromatic rings. The van der Waals surface area contributed by atoms with Crippen molar-refractivity contribution in [1.29, 1.82) is 0 Å². The molecule has 6 heteroatoms. The maximum Gasteiger partial charge on any atom is 0.134 e. The van der Waals surface area contributed by atoms with E-state index in [0.717, 1.165) is 54.3 Å². The third-order valence-electron chi connectivity index (χ3n) is 4.93. The van der Waals surface area contributed by atoms with Gasteiger partial charge in [0.05, 0.1) is 17.3 Å². The summed E-state index contributed by atoms with van der Waals surface area (Å²) in [5, 5.41) is 15.2. The second-order valence-electron chi connectivity index (χ2n) is 7.99. The van der Waals surface area contributed by atoms with Gasteiger partial charge in [0.15, 0.2) is 0 Å². The van der Waals surface area contributed by atoms with E-state index in [2.05, 4.69) is 26.1 Å². The second-order valence-corrected chi connectivity index (χ2v) is 7.99. The molecule has 1 fully saturated rings. The minimum Gasteiger partial charge on any atom is -0.387 e. The maximum atomic E-state index is 10.8. The lowest BCUT2D eigenvalue weighted by molar-refractivity contribution is 0.149. The van der Waals surface area contributed by atoms with E-state index >= 15 is 0 Å². The zero-order valence-electron chi connectivity index (χ0n) is 15.9. The lowest BCUT2D eigenvalue weighted by atomic mass is 9.90. The summed E-state index contributed by atoms with van der Waals surface area (Å²) in [5.41, 5.74) is 1.58. The molecule has 146 valence electrons. The normalized spacial score (nSPS) is 16.6. The highest BCUT2D eigenvalue weighted by Gasteiger charge is 2.23. The molecule has 4 nitrogen and oxygen atoms in total. The lowest BCUT2D eigenvalue weighted by Gasteiger charge is -2.24. The average molecular weight is 400 g/mol. The summed E-state index contributed by atoms with van der Waals surface area (Å²) < 4.78 is 0. The molecular formula is C20H31Cl2N3O. The van der Waals surface area contributed by atoms with Gasteiger partial charge < -0.3 is 10.4 Å². The van der Waals surface area contributed by atoms with E-state index in [1.807, 2.05) is 24.3 Å². The van der Waals surface area contributed by atoms with Crippen LogP contribution in [0.25, 0.3) is 10.9 Å². The minimum atomic E-state index is -0.520. The van der Waals surface area contributed by atoms with Crippen LogP contribution in [0.15, 0.2) is 24.3 Å². The summed E-state index contributed by atoms with van der Waals surface area (Å²) >= 11 is 0. The second kappa shape index (κ2) is 9.84. The molecule has 2 heterocycles. The number of nitrogens with zero attached hydrogens (tertiary/aromatic N) is 2. The highest BCUT2D eigenvalue weighted by molar-refractivity contribution is 5.85. The van der Waals surface area contributed by atoms with Gasteiger partial charge in [-0.15, -0.1) is 24.8 Å². The predicted octanol–water partition coefficient (Wildman–Crippen LogP) is 4.58. The van der Waals surface area contributed by atoms with E-state index in [1.54, 1.807) is 0 Å². The van der Waals surface area contributed by atoms with Crippen molar-refractivity contribution in [2.24, 2.45) is 5.92 Å². The predicted molar refractivity (Wildman–Crippen MR) is 113 cm³/mol. The SMILES string of the molecule is CC(C)(C)c1nc(C(O)CCC2CCNCC2)c2ccccc2n1.Cl.Cl. The number of hydrogen-bond acceptors (Lipinski definition) is 4. The van der Waals surface area contributed by atoms with E-state index < -0.39 is 6.10 Å². The number of para-hydroxylation sites is 1. The van der Waals surface area contributed by atoms with Crippen molar-refractivity contribution in [3.05, 3.63) is 35.8 Å². The topological polar surface area (TPSA) is 58.0 Å². The molecule has 1 aromatic heterocycles. The highest BCUT2D eigenvalue weighted by Crippen LogP contribution is 2.30. The summed E-state index contributed by atoms with van der Waals surface area (Å²) in [6.07, 6.45) is 3.74. The molecule has 0 radical (unpaired) electrons. The third-order valence-corrected chi connectivity index (χ3v) is 4.93. The molecule has 0 bridgehead atoms. The van der Waals surface area contributed by atoms with Crippen LogP contribution < -0.4 is 5.32 Å². The smallest absolute Gasteiger partial charge is 0.134 e. The molecule has 1 unspecified atom stereocenters. The molecule has 0 aliphatic carbocycles. The fraction of sp³-hybridized carbons (Fsp3) is 0.600. The molecule has 1 aliphatic rings. The fourth-order valence-corrected chi connectivity index (χ4v) is 3.39. The summed E-state index contributed by atoms with van der Waals surface area (Å²) in [4.78, 5) is 9.47. The van der Waals surface area contributed by atoms with Crippen LogP contribution in [0.2, 0.25) is 0 Å². The first-order valence-corrected chi connectivity index (χ1v) is 9.11. The Hall–Kier alpha value is -0.940. The van der Waals surface area contributed by atoms with E-state index in [-0.39, 0.29) is 30.2 Å². The first-order chi connectivity index (χ1) is 11.4. The van der Waals surface area contributed by atoms with Crippen LogP contribution in [0, 0.1) is 5.92 Å². The molecule has 1 saturated heterocycles.